The van der Waals surface area contributed by atoms with Crippen LogP contribution in [0, 0.1) is 5.82 Å². The molecule has 1 aliphatic heterocycles. The summed E-state index contributed by atoms with van der Waals surface area (Å²) >= 11 is 0. The van der Waals surface area contributed by atoms with Crippen molar-refractivity contribution < 1.29 is 9.18 Å². The number of fused-ring (bicyclic) bond motifs is 3. The maximum absolute atomic E-state index is 13.5. The van der Waals surface area contributed by atoms with E-state index in [0.717, 1.165) is 34.9 Å². The third-order valence-electron chi connectivity index (χ3n) is 6.98. The van der Waals surface area contributed by atoms with E-state index in [9.17, 15) is 14.0 Å². The number of hydrogen-bond acceptors (Lipinski definition) is 4. The molecule has 0 spiro atoms. The Hall–Kier alpha value is -3.52. The van der Waals surface area contributed by atoms with Gasteiger partial charge in [-0.05, 0) is 50.1 Å². The summed E-state index contributed by atoms with van der Waals surface area (Å²) in [6, 6.07) is 14.6. The molecule has 7 nitrogen and oxygen atoms in total. The SMILES string of the molecule is CC1CCCCN1CCNC(=O)Cn1ncc2c3ccccc3n(Cc3ccc(F)cc3)c2c1=O. The molecule has 0 saturated carbocycles. The lowest BCUT2D eigenvalue weighted by atomic mass is 10.0. The van der Waals surface area contributed by atoms with Gasteiger partial charge in [0.1, 0.15) is 17.9 Å². The predicted octanol–water partition coefficient (Wildman–Crippen LogP) is 3.53. The number of hydrogen-bond donors (Lipinski definition) is 1. The number of para-hydroxylation sites is 1. The van der Waals surface area contributed by atoms with Crippen LogP contribution >= 0.6 is 0 Å². The molecule has 4 aromatic rings. The van der Waals surface area contributed by atoms with Crippen molar-refractivity contribution in [1.82, 2.24) is 24.6 Å². The zero-order valence-corrected chi connectivity index (χ0v) is 19.9. The number of carbonyl (C=O) groups is 1. The van der Waals surface area contributed by atoms with Gasteiger partial charge in [0, 0.05) is 42.0 Å². The fourth-order valence-electron chi connectivity index (χ4n) is 5.06. The third-order valence-corrected chi connectivity index (χ3v) is 6.98. The van der Waals surface area contributed by atoms with Crippen molar-refractivity contribution in [2.24, 2.45) is 0 Å². The number of nitrogens with one attached hydrogen (secondary N) is 1. The fourth-order valence-corrected chi connectivity index (χ4v) is 5.06. The molecule has 1 saturated heterocycles. The summed E-state index contributed by atoms with van der Waals surface area (Å²) in [5.41, 5.74) is 1.94. The largest absolute Gasteiger partial charge is 0.353 e. The first-order chi connectivity index (χ1) is 17.0. The van der Waals surface area contributed by atoms with E-state index in [4.69, 9.17) is 0 Å². The molecule has 5 rings (SSSR count). The Morgan fingerprint density at radius 2 is 1.91 bits per heavy atom. The molecule has 2 aromatic carbocycles. The molecule has 1 aliphatic rings. The first kappa shape index (κ1) is 23.2. The highest BCUT2D eigenvalue weighted by molar-refractivity contribution is 6.07. The van der Waals surface area contributed by atoms with E-state index in [2.05, 4.69) is 22.2 Å². The van der Waals surface area contributed by atoms with Gasteiger partial charge >= 0.3 is 0 Å². The minimum atomic E-state index is -0.319. The van der Waals surface area contributed by atoms with Crippen LogP contribution in [-0.2, 0) is 17.9 Å². The summed E-state index contributed by atoms with van der Waals surface area (Å²) in [5, 5.41) is 8.90. The number of carbonyl (C=O) groups excluding carboxylic acids is 1. The third kappa shape index (κ3) is 4.84. The zero-order valence-electron chi connectivity index (χ0n) is 19.9. The van der Waals surface area contributed by atoms with E-state index in [1.807, 2.05) is 28.8 Å². The van der Waals surface area contributed by atoms with Crippen LogP contribution in [0.3, 0.4) is 0 Å². The van der Waals surface area contributed by atoms with Gasteiger partial charge in [-0.3, -0.25) is 14.5 Å². The molecule has 1 amide bonds. The van der Waals surface area contributed by atoms with Crippen LogP contribution in [0.25, 0.3) is 21.8 Å². The maximum Gasteiger partial charge on any atom is 0.291 e. The zero-order chi connectivity index (χ0) is 24.4. The van der Waals surface area contributed by atoms with Gasteiger partial charge in [0.15, 0.2) is 0 Å². The summed E-state index contributed by atoms with van der Waals surface area (Å²) < 4.78 is 16.6. The number of amides is 1. The number of benzene rings is 2. The summed E-state index contributed by atoms with van der Waals surface area (Å²) in [7, 11) is 0. The second-order valence-electron chi connectivity index (χ2n) is 9.33. The molecular formula is C27H30FN5O2. The van der Waals surface area contributed by atoms with Crippen molar-refractivity contribution in [2.75, 3.05) is 19.6 Å². The second kappa shape index (κ2) is 10.00. The van der Waals surface area contributed by atoms with Crippen LogP contribution in [0.15, 0.2) is 59.5 Å². The smallest absolute Gasteiger partial charge is 0.291 e. The second-order valence-corrected chi connectivity index (χ2v) is 9.33. The molecule has 1 fully saturated rings. The average molecular weight is 476 g/mol. The van der Waals surface area contributed by atoms with Crippen LogP contribution in [-0.4, -0.2) is 50.8 Å². The summed E-state index contributed by atoms with van der Waals surface area (Å²) in [4.78, 5) is 28.5. The molecule has 35 heavy (non-hydrogen) atoms. The van der Waals surface area contributed by atoms with E-state index < -0.39 is 0 Å². The van der Waals surface area contributed by atoms with E-state index in [0.29, 0.717) is 24.6 Å². The Morgan fingerprint density at radius 1 is 1.11 bits per heavy atom. The topological polar surface area (TPSA) is 72.2 Å². The first-order valence-electron chi connectivity index (χ1n) is 12.2. The molecule has 1 N–H and O–H groups in total. The van der Waals surface area contributed by atoms with Gasteiger partial charge < -0.3 is 9.88 Å². The molecule has 0 bridgehead atoms. The molecule has 182 valence electrons. The molecule has 3 heterocycles. The van der Waals surface area contributed by atoms with Gasteiger partial charge in [-0.1, -0.05) is 36.8 Å². The highest BCUT2D eigenvalue weighted by Crippen LogP contribution is 2.27. The van der Waals surface area contributed by atoms with Crippen molar-refractivity contribution in [3.8, 4) is 0 Å². The predicted molar refractivity (Wildman–Crippen MR) is 135 cm³/mol. The summed E-state index contributed by atoms with van der Waals surface area (Å²) in [5.74, 6) is -0.534. The molecule has 2 aromatic heterocycles. The number of piperidine rings is 1. The van der Waals surface area contributed by atoms with Gasteiger partial charge in [-0.2, -0.15) is 5.10 Å². The summed E-state index contributed by atoms with van der Waals surface area (Å²) in [6.45, 7) is 4.91. The van der Waals surface area contributed by atoms with Crippen molar-refractivity contribution in [3.63, 3.8) is 0 Å². The number of likely N-dealkylation sites (tertiary alicyclic amines) is 1. The highest BCUT2D eigenvalue weighted by atomic mass is 19.1. The highest BCUT2D eigenvalue weighted by Gasteiger charge is 2.19. The Morgan fingerprint density at radius 3 is 2.71 bits per heavy atom. The van der Waals surface area contributed by atoms with Gasteiger partial charge in [-0.25, -0.2) is 9.07 Å². The fraction of sp³-hybridized carbons (Fsp3) is 0.370. The van der Waals surface area contributed by atoms with Crippen LogP contribution in [0.4, 0.5) is 4.39 Å². The molecule has 1 unspecified atom stereocenters. The summed E-state index contributed by atoms with van der Waals surface area (Å²) in [6.07, 6.45) is 5.31. The van der Waals surface area contributed by atoms with Crippen molar-refractivity contribution in [2.45, 2.75) is 45.3 Å². The normalized spacial score (nSPS) is 16.7. The van der Waals surface area contributed by atoms with Crippen LogP contribution < -0.4 is 10.9 Å². The molecular weight excluding hydrogens is 445 g/mol. The quantitative estimate of drug-likeness (QED) is 0.444. The van der Waals surface area contributed by atoms with Gasteiger partial charge in [0.2, 0.25) is 5.91 Å². The number of halogens is 1. The molecule has 1 atom stereocenters. The maximum atomic E-state index is 13.5. The van der Waals surface area contributed by atoms with E-state index in [1.165, 1.54) is 36.1 Å². The molecule has 8 heteroatoms. The average Bonchev–Trinajstić information content (AvgIpc) is 3.17. The number of aromatic nitrogens is 3. The van der Waals surface area contributed by atoms with E-state index >= 15 is 0 Å². The van der Waals surface area contributed by atoms with Crippen molar-refractivity contribution in [3.05, 3.63) is 76.5 Å². The van der Waals surface area contributed by atoms with Gasteiger partial charge in [-0.15, -0.1) is 0 Å². The lowest BCUT2D eigenvalue weighted by Gasteiger charge is -2.33. The van der Waals surface area contributed by atoms with Crippen LogP contribution in [0.5, 0.6) is 0 Å². The monoisotopic (exact) mass is 475 g/mol. The number of rotatable bonds is 7. The minimum Gasteiger partial charge on any atom is -0.353 e. The van der Waals surface area contributed by atoms with E-state index in [-0.39, 0.29) is 23.8 Å². The van der Waals surface area contributed by atoms with E-state index in [1.54, 1.807) is 18.3 Å². The van der Waals surface area contributed by atoms with Gasteiger partial charge in [0.05, 0.1) is 6.20 Å². The van der Waals surface area contributed by atoms with Gasteiger partial charge in [0.25, 0.3) is 5.56 Å². The Bertz CT molecular complexity index is 1410. The standard InChI is InChI=1S/C27H30FN5O2/c1-19-6-4-5-14-31(19)15-13-29-25(34)18-33-27(35)26-23(16-30-33)22-7-2-3-8-24(22)32(26)17-20-9-11-21(28)12-10-20/h2-3,7-12,16,19H,4-6,13-15,17-18H2,1H3,(H,29,34). The lowest BCUT2D eigenvalue weighted by Crippen LogP contribution is -2.43. The van der Waals surface area contributed by atoms with Crippen LogP contribution in [0.1, 0.15) is 31.7 Å². The molecule has 0 aliphatic carbocycles. The number of nitrogens with zero attached hydrogens (tertiary/aromatic N) is 4. The van der Waals surface area contributed by atoms with Crippen LogP contribution in [0.2, 0.25) is 0 Å². The Kier molecular flexibility index (Phi) is 6.63. The van der Waals surface area contributed by atoms with Crippen molar-refractivity contribution in [1.29, 1.82) is 0 Å². The van der Waals surface area contributed by atoms with Crippen molar-refractivity contribution >= 4 is 27.7 Å². The lowest BCUT2D eigenvalue weighted by molar-refractivity contribution is -0.122. The molecule has 0 radical (unpaired) electrons. The minimum absolute atomic E-state index is 0.137. The first-order valence-corrected chi connectivity index (χ1v) is 12.2. The Balaban J connectivity index is 1.39. The Labute approximate surface area is 203 Å².